The second-order valence-corrected chi connectivity index (χ2v) is 7.28. The van der Waals surface area contributed by atoms with Crippen LogP contribution in [-0.2, 0) is 11.2 Å². The summed E-state index contributed by atoms with van der Waals surface area (Å²) in [6.45, 7) is 2.00. The number of para-hydroxylation sites is 1. The Morgan fingerprint density at radius 2 is 1.31 bits per heavy atom. The van der Waals surface area contributed by atoms with Crippen molar-refractivity contribution in [3.05, 3.63) is 29.8 Å². The molecule has 0 saturated heterocycles. The molecular formula is C23H38O3. The molecule has 0 aliphatic carbocycles. The molecule has 0 fully saturated rings. The van der Waals surface area contributed by atoms with E-state index in [9.17, 15) is 4.79 Å². The first kappa shape index (κ1) is 22.5. The van der Waals surface area contributed by atoms with Gasteiger partial charge in [0.15, 0.2) is 6.61 Å². The molecule has 0 spiro atoms. The van der Waals surface area contributed by atoms with Crippen molar-refractivity contribution >= 4 is 5.97 Å². The molecule has 0 aromatic heterocycles. The average Bonchev–Trinajstić information content (AvgIpc) is 2.64. The maximum absolute atomic E-state index is 10.6. The smallest absolute Gasteiger partial charge is 0.341 e. The summed E-state index contributed by atoms with van der Waals surface area (Å²) in [7, 11) is 0. The van der Waals surface area contributed by atoms with Crippen LogP contribution >= 0.6 is 0 Å². The van der Waals surface area contributed by atoms with Crippen LogP contribution in [0.5, 0.6) is 5.75 Å². The van der Waals surface area contributed by atoms with Gasteiger partial charge in [0, 0.05) is 0 Å². The summed E-state index contributed by atoms with van der Waals surface area (Å²) in [5, 5.41) is 8.74. The van der Waals surface area contributed by atoms with E-state index in [1.165, 1.54) is 77.0 Å². The summed E-state index contributed by atoms with van der Waals surface area (Å²) in [6.07, 6.45) is 18.6. The van der Waals surface area contributed by atoms with E-state index in [0.717, 1.165) is 18.4 Å². The zero-order valence-corrected chi connectivity index (χ0v) is 16.7. The zero-order chi connectivity index (χ0) is 18.9. The predicted octanol–water partition coefficient (Wildman–Crippen LogP) is 6.78. The van der Waals surface area contributed by atoms with E-state index in [-0.39, 0.29) is 6.61 Å². The van der Waals surface area contributed by atoms with Gasteiger partial charge >= 0.3 is 5.97 Å². The molecule has 0 unspecified atom stereocenters. The number of benzene rings is 1. The Morgan fingerprint density at radius 3 is 1.85 bits per heavy atom. The minimum atomic E-state index is -0.930. The number of hydrogen-bond acceptors (Lipinski definition) is 2. The third kappa shape index (κ3) is 11.9. The van der Waals surface area contributed by atoms with Gasteiger partial charge in [0.1, 0.15) is 5.75 Å². The first-order chi connectivity index (χ1) is 12.7. The van der Waals surface area contributed by atoms with E-state index in [1.807, 2.05) is 24.3 Å². The summed E-state index contributed by atoms with van der Waals surface area (Å²) in [5.41, 5.74) is 1.12. The van der Waals surface area contributed by atoms with Crippen LogP contribution in [0.3, 0.4) is 0 Å². The highest BCUT2D eigenvalue weighted by Gasteiger charge is 2.05. The predicted molar refractivity (Wildman–Crippen MR) is 109 cm³/mol. The van der Waals surface area contributed by atoms with Crippen molar-refractivity contribution in [1.82, 2.24) is 0 Å². The Morgan fingerprint density at radius 1 is 0.808 bits per heavy atom. The molecule has 3 heteroatoms. The lowest BCUT2D eigenvalue weighted by Crippen LogP contribution is -2.10. The van der Waals surface area contributed by atoms with Gasteiger partial charge in [-0.05, 0) is 24.5 Å². The fraction of sp³-hybridized carbons (Fsp3) is 0.696. The van der Waals surface area contributed by atoms with Crippen LogP contribution < -0.4 is 4.74 Å². The Balaban J connectivity index is 1.98. The quantitative estimate of drug-likeness (QED) is 0.311. The number of ether oxygens (including phenoxy) is 1. The number of rotatable bonds is 17. The highest BCUT2D eigenvalue weighted by atomic mass is 16.5. The summed E-state index contributed by atoms with van der Waals surface area (Å²) in [4.78, 5) is 10.6. The number of unbranched alkanes of at least 4 members (excludes halogenated alkanes) is 12. The van der Waals surface area contributed by atoms with E-state index in [1.54, 1.807) is 0 Å². The number of hydrogen-bond donors (Lipinski definition) is 1. The number of carboxylic acids is 1. The molecule has 1 aromatic carbocycles. The molecule has 148 valence electrons. The Bertz CT molecular complexity index is 470. The maximum atomic E-state index is 10.6. The van der Waals surface area contributed by atoms with E-state index >= 15 is 0 Å². The fourth-order valence-corrected chi connectivity index (χ4v) is 3.32. The molecule has 0 radical (unpaired) electrons. The lowest BCUT2D eigenvalue weighted by molar-refractivity contribution is -0.139. The molecule has 0 bridgehead atoms. The third-order valence-corrected chi connectivity index (χ3v) is 4.87. The largest absolute Gasteiger partial charge is 0.482 e. The van der Waals surface area contributed by atoms with Crippen LogP contribution in [0.2, 0.25) is 0 Å². The highest BCUT2D eigenvalue weighted by Crippen LogP contribution is 2.21. The van der Waals surface area contributed by atoms with Crippen LogP contribution in [-0.4, -0.2) is 17.7 Å². The Hall–Kier alpha value is -1.51. The SMILES string of the molecule is CCCCCCCCCCCCCCCc1ccccc1OCC(=O)O. The molecule has 1 aromatic rings. The van der Waals surface area contributed by atoms with Crippen LogP contribution in [0.1, 0.15) is 96.0 Å². The average molecular weight is 363 g/mol. The Kier molecular flexibility index (Phi) is 13.6. The van der Waals surface area contributed by atoms with E-state index in [4.69, 9.17) is 9.84 Å². The molecule has 0 aliphatic heterocycles. The van der Waals surface area contributed by atoms with Gasteiger partial charge in [-0.15, -0.1) is 0 Å². The minimum Gasteiger partial charge on any atom is -0.482 e. The lowest BCUT2D eigenvalue weighted by atomic mass is 10.0. The molecule has 0 amide bonds. The lowest BCUT2D eigenvalue weighted by Gasteiger charge is -2.09. The number of aliphatic carboxylic acids is 1. The van der Waals surface area contributed by atoms with Crippen molar-refractivity contribution in [1.29, 1.82) is 0 Å². The fourth-order valence-electron chi connectivity index (χ4n) is 3.32. The zero-order valence-electron chi connectivity index (χ0n) is 16.7. The van der Waals surface area contributed by atoms with Gasteiger partial charge in [0.25, 0.3) is 0 Å². The number of carbonyl (C=O) groups is 1. The van der Waals surface area contributed by atoms with Crippen LogP contribution in [0.4, 0.5) is 0 Å². The first-order valence-corrected chi connectivity index (χ1v) is 10.7. The van der Waals surface area contributed by atoms with Crippen molar-refractivity contribution in [3.63, 3.8) is 0 Å². The van der Waals surface area contributed by atoms with Crippen molar-refractivity contribution in [2.75, 3.05) is 6.61 Å². The van der Waals surface area contributed by atoms with Gasteiger partial charge in [-0.3, -0.25) is 0 Å². The minimum absolute atomic E-state index is 0.268. The topological polar surface area (TPSA) is 46.5 Å². The normalized spacial score (nSPS) is 10.8. The molecule has 0 aliphatic rings. The monoisotopic (exact) mass is 362 g/mol. The number of aryl methyl sites for hydroxylation is 1. The van der Waals surface area contributed by atoms with Gasteiger partial charge in [-0.2, -0.15) is 0 Å². The van der Waals surface area contributed by atoms with E-state index < -0.39 is 5.97 Å². The Labute approximate surface area is 160 Å². The first-order valence-electron chi connectivity index (χ1n) is 10.7. The summed E-state index contributed by atoms with van der Waals surface area (Å²) < 4.78 is 5.36. The van der Waals surface area contributed by atoms with E-state index in [2.05, 4.69) is 6.92 Å². The molecule has 0 heterocycles. The van der Waals surface area contributed by atoms with Gasteiger partial charge in [-0.25, -0.2) is 4.79 Å². The van der Waals surface area contributed by atoms with Gasteiger partial charge in [-0.1, -0.05) is 102 Å². The van der Waals surface area contributed by atoms with Crippen molar-refractivity contribution in [2.45, 2.75) is 96.8 Å². The second-order valence-electron chi connectivity index (χ2n) is 7.28. The molecule has 0 saturated carbocycles. The molecule has 3 nitrogen and oxygen atoms in total. The van der Waals surface area contributed by atoms with Crippen LogP contribution in [0.15, 0.2) is 24.3 Å². The van der Waals surface area contributed by atoms with E-state index in [0.29, 0.717) is 5.75 Å². The third-order valence-electron chi connectivity index (χ3n) is 4.87. The molecule has 0 atom stereocenters. The van der Waals surface area contributed by atoms with Crippen molar-refractivity contribution in [2.24, 2.45) is 0 Å². The summed E-state index contributed by atoms with van der Waals surface area (Å²) in [6, 6.07) is 7.79. The molecule has 26 heavy (non-hydrogen) atoms. The van der Waals surface area contributed by atoms with Crippen LogP contribution in [0.25, 0.3) is 0 Å². The summed E-state index contributed by atoms with van der Waals surface area (Å²) >= 11 is 0. The molecule has 1 N–H and O–H groups in total. The van der Waals surface area contributed by atoms with Crippen LogP contribution in [0, 0.1) is 0 Å². The molecular weight excluding hydrogens is 324 g/mol. The maximum Gasteiger partial charge on any atom is 0.341 e. The standard InChI is InChI=1S/C23H38O3/c1-2-3-4-5-6-7-8-9-10-11-12-13-14-17-21-18-15-16-19-22(21)26-20-23(24)25/h15-16,18-19H,2-14,17,20H2,1H3,(H,24,25). The van der Waals surface area contributed by atoms with Crippen molar-refractivity contribution < 1.29 is 14.6 Å². The highest BCUT2D eigenvalue weighted by molar-refractivity contribution is 5.68. The van der Waals surface area contributed by atoms with Gasteiger partial charge in [0.05, 0.1) is 0 Å². The second kappa shape index (κ2) is 15.7. The molecule has 1 rings (SSSR count). The van der Waals surface area contributed by atoms with Crippen molar-refractivity contribution in [3.8, 4) is 5.75 Å². The van der Waals surface area contributed by atoms with Gasteiger partial charge < -0.3 is 9.84 Å². The number of carboxylic acid groups (broad SMARTS) is 1. The van der Waals surface area contributed by atoms with Gasteiger partial charge in [0.2, 0.25) is 0 Å². The summed E-state index contributed by atoms with van der Waals surface area (Å²) in [5.74, 6) is -0.213.